The highest BCUT2D eigenvalue weighted by Gasteiger charge is 2.00. The van der Waals surface area contributed by atoms with E-state index in [1.54, 1.807) is 6.20 Å². The van der Waals surface area contributed by atoms with E-state index < -0.39 is 0 Å². The van der Waals surface area contributed by atoms with Gasteiger partial charge in [0.1, 0.15) is 0 Å². The molecule has 4 nitrogen and oxygen atoms in total. The summed E-state index contributed by atoms with van der Waals surface area (Å²) in [5, 5.41) is 7.81. The van der Waals surface area contributed by atoms with Crippen molar-refractivity contribution in [2.75, 3.05) is 0 Å². The number of rotatable bonds is 5. The van der Waals surface area contributed by atoms with Gasteiger partial charge >= 0.3 is 0 Å². The van der Waals surface area contributed by atoms with Crippen LogP contribution >= 0.6 is 0 Å². The molecule has 1 amide bonds. The number of hydrogen-bond donors (Lipinski definition) is 1. The van der Waals surface area contributed by atoms with E-state index in [-0.39, 0.29) is 5.91 Å². The monoisotopic (exact) mass is 193 g/mol. The van der Waals surface area contributed by atoms with Gasteiger partial charge in [-0.2, -0.15) is 10.2 Å². The Morgan fingerprint density at radius 1 is 1.50 bits per heavy atom. The van der Waals surface area contributed by atoms with Crippen LogP contribution in [0.4, 0.5) is 0 Å². The molecule has 14 heavy (non-hydrogen) atoms. The fraction of sp³-hybridized carbons (Fsp3) is 0.500. The van der Waals surface area contributed by atoms with Crippen LogP contribution in [-0.2, 0) is 17.6 Å². The maximum Gasteiger partial charge on any atom is 0.217 e. The Labute approximate surface area is 83.5 Å². The van der Waals surface area contributed by atoms with Crippen LogP contribution < -0.4 is 5.73 Å². The second kappa shape index (κ2) is 5.32. The predicted molar refractivity (Wildman–Crippen MR) is 53.5 cm³/mol. The maximum atomic E-state index is 10.6. The summed E-state index contributed by atoms with van der Waals surface area (Å²) in [6, 6.07) is 1.99. The molecule has 1 aromatic heterocycles. The van der Waals surface area contributed by atoms with Crippen molar-refractivity contribution in [2.45, 2.75) is 32.6 Å². The highest BCUT2D eigenvalue weighted by atomic mass is 16.1. The highest BCUT2D eigenvalue weighted by molar-refractivity contribution is 5.73. The average molecular weight is 193 g/mol. The van der Waals surface area contributed by atoms with Crippen molar-refractivity contribution in [3.8, 4) is 0 Å². The van der Waals surface area contributed by atoms with Gasteiger partial charge < -0.3 is 5.73 Å². The number of nitrogens with two attached hydrogens (primary N) is 1. The number of nitrogens with zero attached hydrogens (tertiary/aromatic N) is 2. The molecule has 0 aliphatic rings. The van der Waals surface area contributed by atoms with Gasteiger partial charge in [-0.25, -0.2) is 0 Å². The predicted octanol–water partition coefficient (Wildman–Crippen LogP) is 0.847. The Balaban J connectivity index is 2.58. The van der Waals surface area contributed by atoms with Gasteiger partial charge in [0.05, 0.1) is 11.9 Å². The number of hydrogen-bond acceptors (Lipinski definition) is 3. The molecule has 0 saturated heterocycles. The molecule has 0 aliphatic carbocycles. The zero-order chi connectivity index (χ0) is 10.4. The van der Waals surface area contributed by atoms with Gasteiger partial charge in [-0.05, 0) is 18.1 Å². The van der Waals surface area contributed by atoms with E-state index in [0.29, 0.717) is 12.8 Å². The molecule has 1 aromatic rings. The molecule has 0 aromatic carbocycles. The molecule has 1 rings (SSSR count). The average Bonchev–Trinajstić information content (AvgIpc) is 2.16. The molecule has 0 atom stereocenters. The molecular formula is C10H15N3O. The smallest absolute Gasteiger partial charge is 0.217 e. The van der Waals surface area contributed by atoms with Crippen molar-refractivity contribution in [3.63, 3.8) is 0 Å². The summed E-state index contributed by atoms with van der Waals surface area (Å²) in [7, 11) is 0. The topological polar surface area (TPSA) is 68.9 Å². The van der Waals surface area contributed by atoms with Gasteiger partial charge in [0.2, 0.25) is 5.91 Å². The van der Waals surface area contributed by atoms with Crippen molar-refractivity contribution in [1.82, 2.24) is 10.2 Å². The summed E-state index contributed by atoms with van der Waals surface area (Å²) in [5.41, 5.74) is 7.06. The van der Waals surface area contributed by atoms with Gasteiger partial charge in [0.15, 0.2) is 0 Å². The summed E-state index contributed by atoms with van der Waals surface area (Å²) in [4.78, 5) is 10.6. The van der Waals surface area contributed by atoms with Crippen molar-refractivity contribution in [2.24, 2.45) is 5.73 Å². The van der Waals surface area contributed by atoms with Gasteiger partial charge in [0, 0.05) is 12.8 Å². The fourth-order valence-electron chi connectivity index (χ4n) is 1.26. The Morgan fingerprint density at radius 2 is 2.29 bits per heavy atom. The first-order valence-corrected chi connectivity index (χ1v) is 4.81. The highest BCUT2D eigenvalue weighted by Crippen LogP contribution is 2.04. The lowest BCUT2D eigenvalue weighted by atomic mass is 10.1. The molecular weight excluding hydrogens is 178 g/mol. The fourth-order valence-corrected chi connectivity index (χ4v) is 1.26. The summed E-state index contributed by atoms with van der Waals surface area (Å²) in [6.45, 7) is 2.11. The molecule has 0 aliphatic heterocycles. The lowest BCUT2D eigenvalue weighted by molar-refractivity contribution is -0.118. The number of amides is 1. The molecule has 0 radical (unpaired) electrons. The Morgan fingerprint density at radius 3 is 2.93 bits per heavy atom. The molecule has 0 saturated carbocycles. The van der Waals surface area contributed by atoms with E-state index in [1.165, 1.54) is 5.56 Å². The van der Waals surface area contributed by atoms with Crippen molar-refractivity contribution < 1.29 is 4.79 Å². The number of carbonyl (C=O) groups excluding carboxylic acids is 1. The van der Waals surface area contributed by atoms with Crippen molar-refractivity contribution in [1.29, 1.82) is 0 Å². The standard InChI is InChI=1S/C10H15N3O/c1-2-3-8-6-9(13-12-7-8)4-5-10(11)14/h6-7H,2-5H2,1H3,(H2,11,14). The first-order chi connectivity index (χ1) is 6.72. The van der Waals surface area contributed by atoms with Crippen LogP contribution in [0.15, 0.2) is 12.3 Å². The van der Waals surface area contributed by atoms with Crippen molar-refractivity contribution in [3.05, 3.63) is 23.5 Å². The second-order valence-electron chi connectivity index (χ2n) is 3.27. The van der Waals surface area contributed by atoms with E-state index >= 15 is 0 Å². The normalized spacial score (nSPS) is 10.1. The molecule has 0 spiro atoms. The van der Waals surface area contributed by atoms with Gasteiger partial charge in [-0.15, -0.1) is 0 Å². The Bertz CT molecular complexity index is 312. The van der Waals surface area contributed by atoms with Crippen LogP contribution in [0.1, 0.15) is 31.0 Å². The molecule has 2 N–H and O–H groups in total. The lowest BCUT2D eigenvalue weighted by Crippen LogP contribution is -2.12. The molecule has 76 valence electrons. The SMILES string of the molecule is CCCc1cnnc(CCC(N)=O)c1. The minimum absolute atomic E-state index is 0.298. The summed E-state index contributed by atoms with van der Waals surface area (Å²) >= 11 is 0. The summed E-state index contributed by atoms with van der Waals surface area (Å²) in [5.74, 6) is -0.298. The van der Waals surface area contributed by atoms with Crippen LogP contribution in [0.2, 0.25) is 0 Å². The van der Waals surface area contributed by atoms with Gasteiger partial charge in [-0.1, -0.05) is 13.3 Å². The van der Waals surface area contributed by atoms with Crippen LogP contribution in [0, 0.1) is 0 Å². The zero-order valence-corrected chi connectivity index (χ0v) is 8.36. The largest absolute Gasteiger partial charge is 0.370 e. The number of primary amides is 1. The quantitative estimate of drug-likeness (QED) is 0.753. The van der Waals surface area contributed by atoms with Crippen LogP contribution in [0.5, 0.6) is 0 Å². The minimum Gasteiger partial charge on any atom is -0.370 e. The van der Waals surface area contributed by atoms with E-state index in [0.717, 1.165) is 18.5 Å². The molecule has 4 heteroatoms. The number of aryl methyl sites for hydroxylation is 2. The van der Waals surface area contributed by atoms with E-state index in [1.807, 2.05) is 6.07 Å². The lowest BCUT2D eigenvalue weighted by Gasteiger charge is -2.00. The van der Waals surface area contributed by atoms with Crippen LogP contribution in [0.25, 0.3) is 0 Å². The van der Waals surface area contributed by atoms with E-state index in [2.05, 4.69) is 17.1 Å². The first kappa shape index (κ1) is 10.6. The molecule has 0 fully saturated rings. The minimum atomic E-state index is -0.298. The zero-order valence-electron chi connectivity index (χ0n) is 8.36. The van der Waals surface area contributed by atoms with E-state index in [9.17, 15) is 4.79 Å². The molecule has 0 unspecified atom stereocenters. The Hall–Kier alpha value is -1.45. The van der Waals surface area contributed by atoms with Gasteiger partial charge in [-0.3, -0.25) is 4.79 Å². The number of carbonyl (C=O) groups is 1. The van der Waals surface area contributed by atoms with Gasteiger partial charge in [0.25, 0.3) is 0 Å². The summed E-state index contributed by atoms with van der Waals surface area (Å²) < 4.78 is 0. The first-order valence-electron chi connectivity index (χ1n) is 4.81. The summed E-state index contributed by atoms with van der Waals surface area (Å²) in [6.07, 6.45) is 4.77. The maximum absolute atomic E-state index is 10.6. The van der Waals surface area contributed by atoms with Crippen molar-refractivity contribution >= 4 is 5.91 Å². The molecule has 1 heterocycles. The second-order valence-corrected chi connectivity index (χ2v) is 3.27. The van der Waals surface area contributed by atoms with Crippen LogP contribution in [0.3, 0.4) is 0 Å². The third kappa shape index (κ3) is 3.51. The Kier molecular flexibility index (Phi) is 4.04. The third-order valence-corrected chi connectivity index (χ3v) is 1.93. The van der Waals surface area contributed by atoms with E-state index in [4.69, 9.17) is 5.73 Å². The third-order valence-electron chi connectivity index (χ3n) is 1.93. The molecule has 0 bridgehead atoms. The van der Waals surface area contributed by atoms with Crippen LogP contribution in [-0.4, -0.2) is 16.1 Å². The number of aromatic nitrogens is 2.